The van der Waals surface area contributed by atoms with E-state index >= 15 is 0 Å². The molecule has 1 aromatic rings. The van der Waals surface area contributed by atoms with Crippen molar-refractivity contribution in [1.82, 2.24) is 5.32 Å². The van der Waals surface area contributed by atoms with Crippen LogP contribution in [0.2, 0.25) is 0 Å². The second-order valence-electron chi connectivity index (χ2n) is 3.71. The van der Waals surface area contributed by atoms with Gasteiger partial charge in [-0.3, -0.25) is 0 Å². The van der Waals surface area contributed by atoms with E-state index in [0.29, 0.717) is 12.0 Å². The number of benzene rings is 1. The van der Waals surface area contributed by atoms with Crippen molar-refractivity contribution in [3.05, 3.63) is 33.4 Å². The number of nitrogens with one attached hydrogen (secondary N) is 1. The summed E-state index contributed by atoms with van der Waals surface area (Å²) in [6.07, 6.45) is 1.21. The van der Waals surface area contributed by atoms with Gasteiger partial charge in [0.2, 0.25) is 0 Å². The van der Waals surface area contributed by atoms with Gasteiger partial charge < -0.3 is 5.32 Å². The first kappa shape index (κ1) is 12.0. The van der Waals surface area contributed by atoms with Crippen LogP contribution in [0.15, 0.2) is 24.3 Å². The smallest absolute Gasteiger partial charge is 0.0343 e. The van der Waals surface area contributed by atoms with E-state index in [9.17, 15) is 0 Å². The van der Waals surface area contributed by atoms with E-state index in [4.69, 9.17) is 0 Å². The van der Waals surface area contributed by atoms with Gasteiger partial charge in [0.1, 0.15) is 0 Å². The molecular weight excluding hydrogens is 285 g/mol. The van der Waals surface area contributed by atoms with Crippen LogP contribution in [0.1, 0.15) is 31.9 Å². The van der Waals surface area contributed by atoms with Gasteiger partial charge in [0.05, 0.1) is 0 Å². The standard InChI is InChI=1S/C12H18IN/c1-4-9(2)12(14-3)10-6-5-7-11(13)8-10/h5-9,12,14H,4H2,1-3H3. The molecule has 2 heteroatoms. The maximum atomic E-state index is 3.39. The lowest BCUT2D eigenvalue weighted by molar-refractivity contribution is 0.400. The van der Waals surface area contributed by atoms with E-state index in [0.717, 1.165) is 0 Å². The van der Waals surface area contributed by atoms with Crippen molar-refractivity contribution in [2.45, 2.75) is 26.3 Å². The molecule has 2 unspecified atom stereocenters. The van der Waals surface area contributed by atoms with Crippen LogP contribution in [-0.4, -0.2) is 7.05 Å². The fourth-order valence-electron chi connectivity index (χ4n) is 1.72. The van der Waals surface area contributed by atoms with Gasteiger partial charge in [0, 0.05) is 9.61 Å². The van der Waals surface area contributed by atoms with Crippen molar-refractivity contribution >= 4 is 22.6 Å². The van der Waals surface area contributed by atoms with Crippen LogP contribution in [0.5, 0.6) is 0 Å². The lowest BCUT2D eigenvalue weighted by atomic mass is 9.93. The molecule has 0 aliphatic rings. The summed E-state index contributed by atoms with van der Waals surface area (Å²) < 4.78 is 1.31. The highest BCUT2D eigenvalue weighted by atomic mass is 127. The minimum absolute atomic E-state index is 0.481. The lowest BCUT2D eigenvalue weighted by Crippen LogP contribution is -2.23. The molecule has 1 aromatic carbocycles. The first-order chi connectivity index (χ1) is 6.69. The van der Waals surface area contributed by atoms with E-state index in [1.807, 2.05) is 7.05 Å². The molecule has 0 saturated carbocycles. The Kier molecular flexibility index (Phi) is 4.89. The van der Waals surface area contributed by atoms with Crippen LogP contribution in [-0.2, 0) is 0 Å². The van der Waals surface area contributed by atoms with Crippen LogP contribution >= 0.6 is 22.6 Å². The maximum Gasteiger partial charge on any atom is 0.0343 e. The molecule has 0 saturated heterocycles. The third kappa shape index (κ3) is 2.95. The van der Waals surface area contributed by atoms with Gasteiger partial charge in [-0.05, 0) is 53.3 Å². The predicted octanol–water partition coefficient (Wildman–Crippen LogP) is 3.60. The third-order valence-electron chi connectivity index (χ3n) is 2.73. The van der Waals surface area contributed by atoms with Crippen LogP contribution in [0.25, 0.3) is 0 Å². The van der Waals surface area contributed by atoms with Crippen molar-refractivity contribution < 1.29 is 0 Å². The highest BCUT2D eigenvalue weighted by molar-refractivity contribution is 14.1. The largest absolute Gasteiger partial charge is 0.313 e. The summed E-state index contributed by atoms with van der Waals surface area (Å²) in [6, 6.07) is 9.20. The molecule has 0 aromatic heterocycles. The molecule has 0 fully saturated rings. The van der Waals surface area contributed by atoms with Gasteiger partial charge in [-0.2, -0.15) is 0 Å². The van der Waals surface area contributed by atoms with Crippen LogP contribution in [0.3, 0.4) is 0 Å². The molecule has 0 spiro atoms. The molecular formula is C12H18IN. The third-order valence-corrected chi connectivity index (χ3v) is 3.40. The van der Waals surface area contributed by atoms with Crippen molar-refractivity contribution in [3.63, 3.8) is 0 Å². The van der Waals surface area contributed by atoms with Crippen molar-refractivity contribution in [3.8, 4) is 0 Å². The monoisotopic (exact) mass is 303 g/mol. The van der Waals surface area contributed by atoms with Gasteiger partial charge in [-0.25, -0.2) is 0 Å². The SMILES string of the molecule is CCC(C)C(NC)c1cccc(I)c1. The Morgan fingerprint density at radius 1 is 1.43 bits per heavy atom. The number of halogens is 1. The van der Waals surface area contributed by atoms with E-state index in [2.05, 4.69) is 66.0 Å². The van der Waals surface area contributed by atoms with Crippen molar-refractivity contribution in [2.24, 2.45) is 5.92 Å². The van der Waals surface area contributed by atoms with Gasteiger partial charge in [-0.15, -0.1) is 0 Å². The lowest BCUT2D eigenvalue weighted by Gasteiger charge is -2.23. The summed E-state index contributed by atoms with van der Waals surface area (Å²) in [4.78, 5) is 0. The van der Waals surface area contributed by atoms with Gasteiger partial charge in [0.15, 0.2) is 0 Å². The molecule has 0 bridgehead atoms. The molecule has 2 atom stereocenters. The Labute approximate surface area is 100 Å². The topological polar surface area (TPSA) is 12.0 Å². The van der Waals surface area contributed by atoms with E-state index in [1.165, 1.54) is 15.6 Å². The number of hydrogen-bond acceptors (Lipinski definition) is 1. The molecule has 1 nitrogen and oxygen atoms in total. The Morgan fingerprint density at radius 2 is 2.14 bits per heavy atom. The highest BCUT2D eigenvalue weighted by Gasteiger charge is 2.15. The van der Waals surface area contributed by atoms with Gasteiger partial charge >= 0.3 is 0 Å². The molecule has 78 valence electrons. The molecule has 1 rings (SSSR count). The second-order valence-corrected chi connectivity index (χ2v) is 4.95. The average Bonchev–Trinajstić information content (AvgIpc) is 2.19. The van der Waals surface area contributed by atoms with Crippen LogP contribution < -0.4 is 5.32 Å². The van der Waals surface area contributed by atoms with Crippen molar-refractivity contribution in [1.29, 1.82) is 0 Å². The predicted molar refractivity (Wildman–Crippen MR) is 70.4 cm³/mol. The van der Waals surface area contributed by atoms with Crippen LogP contribution in [0.4, 0.5) is 0 Å². The normalized spacial score (nSPS) is 15.1. The number of rotatable bonds is 4. The minimum Gasteiger partial charge on any atom is -0.313 e. The molecule has 0 amide bonds. The maximum absolute atomic E-state index is 3.39. The zero-order valence-electron chi connectivity index (χ0n) is 9.05. The Balaban J connectivity index is 2.89. The van der Waals surface area contributed by atoms with E-state index in [1.54, 1.807) is 0 Å². The quantitative estimate of drug-likeness (QED) is 0.838. The van der Waals surface area contributed by atoms with Gasteiger partial charge in [-0.1, -0.05) is 32.4 Å². The Bertz CT molecular complexity index is 285. The zero-order chi connectivity index (χ0) is 10.6. The second kappa shape index (κ2) is 5.71. The van der Waals surface area contributed by atoms with Crippen LogP contribution in [0, 0.1) is 9.49 Å². The summed E-state index contributed by atoms with van der Waals surface area (Å²) >= 11 is 2.36. The first-order valence-electron chi connectivity index (χ1n) is 5.11. The summed E-state index contributed by atoms with van der Waals surface area (Å²) in [5, 5.41) is 3.39. The molecule has 0 aliphatic carbocycles. The summed E-state index contributed by atoms with van der Waals surface area (Å²) in [7, 11) is 2.04. The number of hydrogen-bond donors (Lipinski definition) is 1. The van der Waals surface area contributed by atoms with Gasteiger partial charge in [0.25, 0.3) is 0 Å². The fourth-order valence-corrected chi connectivity index (χ4v) is 2.28. The molecule has 1 N–H and O–H groups in total. The molecule has 0 aliphatic heterocycles. The zero-order valence-corrected chi connectivity index (χ0v) is 11.2. The van der Waals surface area contributed by atoms with E-state index < -0.39 is 0 Å². The summed E-state index contributed by atoms with van der Waals surface area (Å²) in [6.45, 7) is 4.53. The highest BCUT2D eigenvalue weighted by Crippen LogP contribution is 2.24. The van der Waals surface area contributed by atoms with E-state index in [-0.39, 0.29) is 0 Å². The van der Waals surface area contributed by atoms with Crippen molar-refractivity contribution in [2.75, 3.05) is 7.05 Å². The molecule has 0 radical (unpaired) electrons. The Morgan fingerprint density at radius 3 is 2.64 bits per heavy atom. The average molecular weight is 303 g/mol. The first-order valence-corrected chi connectivity index (χ1v) is 6.19. The molecule has 14 heavy (non-hydrogen) atoms. The summed E-state index contributed by atoms with van der Waals surface area (Å²) in [5.74, 6) is 0.679. The molecule has 0 heterocycles. The summed E-state index contributed by atoms with van der Waals surface area (Å²) in [5.41, 5.74) is 1.40. The fraction of sp³-hybridized carbons (Fsp3) is 0.500. The Hall–Kier alpha value is -0.0900. The minimum atomic E-state index is 0.481.